The highest BCUT2D eigenvalue weighted by Gasteiger charge is 2.29. The van der Waals surface area contributed by atoms with Crippen LogP contribution in [0.5, 0.6) is 0 Å². The molecule has 0 aliphatic carbocycles. The second-order valence-corrected chi connectivity index (χ2v) is 9.05. The Morgan fingerprint density at radius 1 is 1.00 bits per heavy atom. The summed E-state index contributed by atoms with van der Waals surface area (Å²) >= 11 is 0. The van der Waals surface area contributed by atoms with Gasteiger partial charge in [0.25, 0.3) is 0 Å². The summed E-state index contributed by atoms with van der Waals surface area (Å²) in [5.74, 6) is 0.493. The van der Waals surface area contributed by atoms with Crippen LogP contribution in [-0.4, -0.2) is 50.8 Å². The molecule has 1 aromatic rings. The number of likely N-dealkylation sites (N-methyl/N-ethyl adjacent to an activating group) is 1. The van der Waals surface area contributed by atoms with Gasteiger partial charge in [-0.2, -0.15) is 4.31 Å². The molecule has 1 aliphatic rings. The Bertz CT molecular complexity index is 598. The molecule has 2 rings (SSSR count). The summed E-state index contributed by atoms with van der Waals surface area (Å²) in [5, 5.41) is 0. The van der Waals surface area contributed by atoms with Gasteiger partial charge in [0.2, 0.25) is 10.0 Å². The van der Waals surface area contributed by atoms with Crippen LogP contribution in [0.15, 0.2) is 29.2 Å². The van der Waals surface area contributed by atoms with Crippen molar-refractivity contribution in [3.8, 4) is 0 Å². The highest BCUT2D eigenvalue weighted by molar-refractivity contribution is 7.89. The zero-order valence-corrected chi connectivity index (χ0v) is 15.2. The fraction of sp³-hybridized carbons (Fsp3) is 0.647. The number of hydrogen-bond acceptors (Lipinski definition) is 3. The normalized spacial score (nSPS) is 18.8. The van der Waals surface area contributed by atoms with Crippen molar-refractivity contribution in [2.75, 3.05) is 33.2 Å². The number of piperazine rings is 1. The summed E-state index contributed by atoms with van der Waals surface area (Å²) in [6.07, 6.45) is 0. The van der Waals surface area contributed by atoms with Crippen LogP contribution in [0.1, 0.15) is 33.3 Å². The Kier molecular flexibility index (Phi) is 5.00. The Labute approximate surface area is 135 Å². The van der Waals surface area contributed by atoms with Crippen molar-refractivity contribution >= 4 is 10.0 Å². The van der Waals surface area contributed by atoms with E-state index in [0.717, 1.165) is 13.1 Å². The molecule has 0 unspecified atom stereocenters. The van der Waals surface area contributed by atoms with E-state index in [1.807, 2.05) is 19.2 Å². The topological polar surface area (TPSA) is 40.6 Å². The molecule has 5 heteroatoms. The Morgan fingerprint density at radius 3 is 1.95 bits per heavy atom. The molecule has 1 saturated heterocycles. The molecule has 0 aromatic heterocycles. The van der Waals surface area contributed by atoms with Crippen LogP contribution in [0, 0.1) is 5.92 Å². The molecule has 0 spiro atoms. The predicted octanol–water partition coefficient (Wildman–Crippen LogP) is 2.56. The van der Waals surface area contributed by atoms with Crippen LogP contribution in [0.2, 0.25) is 0 Å². The summed E-state index contributed by atoms with van der Waals surface area (Å²) in [7, 11) is -1.34. The summed E-state index contributed by atoms with van der Waals surface area (Å²) < 4.78 is 27.0. The molecule has 0 saturated carbocycles. The number of hydrogen-bond donors (Lipinski definition) is 0. The van der Waals surface area contributed by atoms with E-state index in [2.05, 4.69) is 32.6 Å². The second kappa shape index (κ2) is 6.30. The summed E-state index contributed by atoms with van der Waals surface area (Å²) in [6.45, 7) is 11.5. The van der Waals surface area contributed by atoms with Crippen molar-refractivity contribution in [1.29, 1.82) is 0 Å². The summed E-state index contributed by atoms with van der Waals surface area (Å²) in [6, 6.07) is 7.44. The second-order valence-electron chi connectivity index (χ2n) is 7.11. The summed E-state index contributed by atoms with van der Waals surface area (Å²) in [4.78, 5) is 2.56. The van der Waals surface area contributed by atoms with Gasteiger partial charge in [-0.1, -0.05) is 39.8 Å². The average molecular weight is 324 g/mol. The van der Waals surface area contributed by atoms with Gasteiger partial charge in [-0.05, 0) is 36.1 Å². The van der Waals surface area contributed by atoms with Crippen LogP contribution < -0.4 is 0 Å². The van der Waals surface area contributed by atoms with Crippen molar-refractivity contribution < 1.29 is 8.42 Å². The summed E-state index contributed by atoms with van der Waals surface area (Å²) in [5.41, 5.74) is 1.22. The minimum Gasteiger partial charge on any atom is -0.304 e. The molecule has 22 heavy (non-hydrogen) atoms. The minimum absolute atomic E-state index is 0.0378. The van der Waals surface area contributed by atoms with Gasteiger partial charge < -0.3 is 4.90 Å². The van der Waals surface area contributed by atoms with Gasteiger partial charge in [0.1, 0.15) is 0 Å². The predicted molar refractivity (Wildman–Crippen MR) is 90.6 cm³/mol. The molecule has 124 valence electrons. The first kappa shape index (κ1) is 17.4. The fourth-order valence-corrected chi connectivity index (χ4v) is 3.99. The molecular formula is C17H28N2O2S. The lowest BCUT2D eigenvalue weighted by atomic mass is 9.75. The van der Waals surface area contributed by atoms with Crippen LogP contribution in [0.25, 0.3) is 0 Å². The first-order chi connectivity index (χ1) is 10.2. The SMILES string of the molecule is CC(C)C(C)(C)c1ccc(S(=O)(=O)N2CCN(C)CC2)cc1. The Hall–Kier alpha value is -0.910. The molecule has 0 atom stereocenters. The first-order valence-electron chi connectivity index (χ1n) is 7.95. The van der Waals surface area contributed by atoms with E-state index in [0.29, 0.717) is 23.9 Å². The Balaban J connectivity index is 2.23. The smallest absolute Gasteiger partial charge is 0.243 e. The van der Waals surface area contributed by atoms with E-state index in [9.17, 15) is 8.42 Å². The lowest BCUT2D eigenvalue weighted by Gasteiger charge is -2.32. The van der Waals surface area contributed by atoms with Crippen molar-refractivity contribution in [3.05, 3.63) is 29.8 Å². The molecule has 0 radical (unpaired) electrons. The molecule has 1 heterocycles. The van der Waals surface area contributed by atoms with Gasteiger partial charge in [-0.3, -0.25) is 0 Å². The van der Waals surface area contributed by atoms with E-state index >= 15 is 0 Å². The largest absolute Gasteiger partial charge is 0.304 e. The van der Waals surface area contributed by atoms with Gasteiger partial charge in [-0.15, -0.1) is 0 Å². The average Bonchev–Trinajstić information content (AvgIpc) is 2.47. The minimum atomic E-state index is -3.36. The van der Waals surface area contributed by atoms with Crippen LogP contribution in [0.4, 0.5) is 0 Å². The maximum absolute atomic E-state index is 12.7. The van der Waals surface area contributed by atoms with Gasteiger partial charge in [-0.25, -0.2) is 8.42 Å². The number of rotatable bonds is 4. The van der Waals surface area contributed by atoms with Crippen molar-refractivity contribution in [1.82, 2.24) is 9.21 Å². The maximum atomic E-state index is 12.7. The highest BCUT2D eigenvalue weighted by Crippen LogP contribution is 2.32. The van der Waals surface area contributed by atoms with Gasteiger partial charge in [0.15, 0.2) is 0 Å². The molecule has 0 bridgehead atoms. The van der Waals surface area contributed by atoms with Crippen LogP contribution in [-0.2, 0) is 15.4 Å². The Morgan fingerprint density at radius 2 is 1.50 bits per heavy atom. The van der Waals surface area contributed by atoms with Gasteiger partial charge >= 0.3 is 0 Å². The van der Waals surface area contributed by atoms with Crippen molar-refractivity contribution in [3.63, 3.8) is 0 Å². The molecular weight excluding hydrogens is 296 g/mol. The quantitative estimate of drug-likeness (QED) is 0.854. The molecule has 0 N–H and O–H groups in total. The van der Waals surface area contributed by atoms with E-state index in [4.69, 9.17) is 0 Å². The highest BCUT2D eigenvalue weighted by atomic mass is 32.2. The van der Waals surface area contributed by atoms with E-state index in [1.165, 1.54) is 5.56 Å². The first-order valence-corrected chi connectivity index (χ1v) is 9.39. The third kappa shape index (κ3) is 3.36. The third-order valence-corrected chi connectivity index (χ3v) is 7.05. The van der Waals surface area contributed by atoms with Gasteiger partial charge in [0, 0.05) is 26.2 Å². The van der Waals surface area contributed by atoms with Crippen molar-refractivity contribution in [2.45, 2.75) is 38.0 Å². The number of sulfonamides is 1. The molecule has 1 aliphatic heterocycles. The molecule has 4 nitrogen and oxygen atoms in total. The van der Waals surface area contributed by atoms with E-state index in [-0.39, 0.29) is 5.41 Å². The number of nitrogens with zero attached hydrogens (tertiary/aromatic N) is 2. The van der Waals surface area contributed by atoms with E-state index < -0.39 is 10.0 Å². The fourth-order valence-electron chi connectivity index (χ4n) is 2.57. The third-order valence-electron chi connectivity index (χ3n) is 5.14. The molecule has 1 aromatic carbocycles. The van der Waals surface area contributed by atoms with Crippen LogP contribution in [0.3, 0.4) is 0 Å². The van der Waals surface area contributed by atoms with Crippen molar-refractivity contribution in [2.24, 2.45) is 5.92 Å². The van der Waals surface area contributed by atoms with Crippen LogP contribution >= 0.6 is 0 Å². The molecule has 0 amide bonds. The maximum Gasteiger partial charge on any atom is 0.243 e. The number of benzene rings is 1. The zero-order chi connectivity index (χ0) is 16.5. The molecule has 1 fully saturated rings. The van der Waals surface area contributed by atoms with Gasteiger partial charge in [0.05, 0.1) is 4.90 Å². The monoisotopic (exact) mass is 324 g/mol. The van der Waals surface area contributed by atoms with E-state index in [1.54, 1.807) is 16.4 Å². The zero-order valence-electron chi connectivity index (χ0n) is 14.3. The lowest BCUT2D eigenvalue weighted by Crippen LogP contribution is -2.47. The lowest BCUT2D eigenvalue weighted by molar-refractivity contribution is 0.222. The standard InChI is InChI=1S/C17H28N2O2S/c1-14(2)17(3,4)15-6-8-16(9-7-15)22(20,21)19-12-10-18(5)11-13-19/h6-9,14H,10-13H2,1-5H3.